The first-order chi connectivity index (χ1) is 15.9. The number of nitrogens with zero attached hydrogens (tertiary/aromatic N) is 2. The maximum absolute atomic E-state index is 12.5. The molecular weight excluding hydrogens is 436 g/mol. The van der Waals surface area contributed by atoms with Gasteiger partial charge in [-0.15, -0.1) is 0 Å². The smallest absolute Gasteiger partial charge is 0.387 e. The number of ether oxygens (including phenoxy) is 2. The van der Waals surface area contributed by atoms with Crippen LogP contribution in [0.2, 0.25) is 0 Å². The molecule has 4 aromatic rings. The lowest BCUT2D eigenvalue weighted by Gasteiger charge is -2.09. The van der Waals surface area contributed by atoms with E-state index in [0.29, 0.717) is 12.2 Å². The average Bonchev–Trinajstić information content (AvgIpc) is 3.19. The van der Waals surface area contributed by atoms with Crippen molar-refractivity contribution in [1.82, 2.24) is 9.78 Å². The number of rotatable bonds is 8. The predicted molar refractivity (Wildman–Crippen MR) is 117 cm³/mol. The number of benzene rings is 3. The Morgan fingerprint density at radius 3 is 1.76 bits per heavy atom. The predicted octanol–water partition coefficient (Wildman–Crippen LogP) is 6.78. The number of hydrogen-bond acceptors (Lipinski definition) is 3. The Hall–Kier alpha value is -3.81. The molecule has 0 bridgehead atoms. The molecule has 0 saturated heterocycles. The van der Waals surface area contributed by atoms with Crippen molar-refractivity contribution in [2.24, 2.45) is 0 Å². The lowest BCUT2D eigenvalue weighted by Crippen LogP contribution is -2.04. The molecule has 4 nitrogen and oxygen atoms in total. The zero-order valence-corrected chi connectivity index (χ0v) is 17.6. The van der Waals surface area contributed by atoms with Gasteiger partial charge in [0.05, 0.1) is 17.9 Å². The summed E-state index contributed by atoms with van der Waals surface area (Å²) in [5.74, 6) is 0.121. The Labute approximate surface area is 188 Å². The van der Waals surface area contributed by atoms with Crippen molar-refractivity contribution in [3.05, 3.63) is 90.0 Å². The highest BCUT2D eigenvalue weighted by atomic mass is 19.3. The summed E-state index contributed by atoms with van der Waals surface area (Å²) in [4.78, 5) is 0. The summed E-state index contributed by atoms with van der Waals surface area (Å²) in [6.45, 7) is -3.30. The molecule has 1 heterocycles. The van der Waals surface area contributed by atoms with Crippen LogP contribution in [0.25, 0.3) is 22.5 Å². The highest BCUT2D eigenvalue weighted by Crippen LogP contribution is 2.30. The summed E-state index contributed by atoms with van der Waals surface area (Å²) in [5.41, 5.74) is 5.06. The molecule has 1 aromatic heterocycles. The third-order valence-electron chi connectivity index (χ3n) is 4.98. The van der Waals surface area contributed by atoms with Gasteiger partial charge in [0, 0.05) is 11.1 Å². The second kappa shape index (κ2) is 9.77. The number of aryl methyl sites for hydroxylation is 1. The zero-order valence-electron chi connectivity index (χ0n) is 17.6. The van der Waals surface area contributed by atoms with Crippen LogP contribution < -0.4 is 9.47 Å². The first kappa shape index (κ1) is 22.4. The summed E-state index contributed by atoms with van der Waals surface area (Å²) >= 11 is 0. The summed E-state index contributed by atoms with van der Waals surface area (Å²) < 4.78 is 60.5. The first-order valence-corrected chi connectivity index (χ1v) is 10.1. The molecule has 0 unspecified atom stereocenters. The quantitative estimate of drug-likeness (QED) is 0.274. The summed E-state index contributed by atoms with van der Waals surface area (Å²) in [6.07, 6.45) is 0. The molecule has 0 saturated carbocycles. The molecule has 0 spiro atoms. The average molecular weight is 456 g/mol. The van der Waals surface area contributed by atoms with Crippen LogP contribution in [-0.2, 0) is 6.54 Å². The number of halogens is 4. The molecule has 0 aliphatic rings. The van der Waals surface area contributed by atoms with Gasteiger partial charge in [-0.2, -0.15) is 22.7 Å². The highest BCUT2D eigenvalue weighted by Gasteiger charge is 2.14. The van der Waals surface area contributed by atoms with E-state index in [2.05, 4.69) is 9.47 Å². The Balaban J connectivity index is 1.69. The molecule has 0 aliphatic carbocycles. The van der Waals surface area contributed by atoms with Crippen molar-refractivity contribution in [2.45, 2.75) is 26.7 Å². The largest absolute Gasteiger partial charge is 0.435 e. The maximum atomic E-state index is 12.5. The van der Waals surface area contributed by atoms with E-state index in [1.807, 2.05) is 41.9 Å². The van der Waals surface area contributed by atoms with Gasteiger partial charge in [-0.25, -0.2) is 0 Å². The molecule has 0 aliphatic heterocycles. The van der Waals surface area contributed by atoms with E-state index in [4.69, 9.17) is 5.10 Å². The Bertz CT molecular complexity index is 1190. The monoisotopic (exact) mass is 456 g/mol. The SMILES string of the molecule is Cc1ccc(Cn2nc(-c3ccc(OC(F)F)cc3)cc2-c2ccc(OC(F)F)cc2)cc1. The van der Waals surface area contributed by atoms with Gasteiger partial charge in [-0.1, -0.05) is 29.8 Å². The van der Waals surface area contributed by atoms with E-state index in [1.54, 1.807) is 24.3 Å². The number of aromatic nitrogens is 2. The fourth-order valence-corrected chi connectivity index (χ4v) is 3.39. The summed E-state index contributed by atoms with van der Waals surface area (Å²) in [6, 6.07) is 22.4. The van der Waals surface area contributed by atoms with Gasteiger partial charge in [0.25, 0.3) is 0 Å². The standard InChI is InChI=1S/C25H20F4N2O2/c1-16-2-4-17(5-3-16)15-31-23(19-8-12-21(13-9-19)33-25(28)29)14-22(30-31)18-6-10-20(11-7-18)32-24(26)27/h2-14,24-25H,15H2,1H3. The molecule has 0 fully saturated rings. The van der Waals surface area contributed by atoms with Gasteiger partial charge in [0.1, 0.15) is 11.5 Å². The molecule has 4 rings (SSSR count). The molecule has 0 N–H and O–H groups in total. The van der Waals surface area contributed by atoms with E-state index in [0.717, 1.165) is 27.9 Å². The van der Waals surface area contributed by atoms with Crippen molar-refractivity contribution in [1.29, 1.82) is 0 Å². The minimum atomic E-state index is -2.90. The van der Waals surface area contributed by atoms with Gasteiger partial charge in [0.15, 0.2) is 0 Å². The normalized spacial score (nSPS) is 11.2. The Morgan fingerprint density at radius 1 is 0.727 bits per heavy atom. The van der Waals surface area contributed by atoms with Crippen LogP contribution >= 0.6 is 0 Å². The van der Waals surface area contributed by atoms with Gasteiger partial charge in [-0.05, 0) is 67.1 Å². The van der Waals surface area contributed by atoms with E-state index >= 15 is 0 Å². The van der Waals surface area contributed by atoms with Gasteiger partial charge < -0.3 is 9.47 Å². The van der Waals surface area contributed by atoms with E-state index in [-0.39, 0.29) is 11.5 Å². The fourth-order valence-electron chi connectivity index (χ4n) is 3.39. The Morgan fingerprint density at radius 2 is 1.24 bits per heavy atom. The topological polar surface area (TPSA) is 36.3 Å². The zero-order chi connectivity index (χ0) is 23.4. The lowest BCUT2D eigenvalue weighted by atomic mass is 10.1. The van der Waals surface area contributed by atoms with Crippen LogP contribution in [0.1, 0.15) is 11.1 Å². The number of alkyl halides is 4. The summed E-state index contributed by atoms with van der Waals surface area (Å²) in [7, 11) is 0. The van der Waals surface area contributed by atoms with Gasteiger partial charge in [-0.3, -0.25) is 4.68 Å². The molecule has 0 amide bonds. The molecular formula is C25H20F4N2O2. The maximum Gasteiger partial charge on any atom is 0.387 e. The Kier molecular flexibility index (Phi) is 6.63. The first-order valence-electron chi connectivity index (χ1n) is 10.1. The van der Waals surface area contributed by atoms with Crippen LogP contribution in [0.15, 0.2) is 78.9 Å². The lowest BCUT2D eigenvalue weighted by molar-refractivity contribution is -0.0505. The van der Waals surface area contributed by atoms with Crippen LogP contribution in [0.4, 0.5) is 17.6 Å². The molecule has 0 radical (unpaired) electrons. The minimum absolute atomic E-state index is 0.0580. The van der Waals surface area contributed by atoms with Crippen LogP contribution in [-0.4, -0.2) is 23.0 Å². The van der Waals surface area contributed by atoms with Crippen LogP contribution in [0, 0.1) is 6.92 Å². The third kappa shape index (κ3) is 5.71. The summed E-state index contributed by atoms with van der Waals surface area (Å²) in [5, 5.41) is 4.71. The molecule has 0 atom stereocenters. The third-order valence-corrected chi connectivity index (χ3v) is 4.98. The minimum Gasteiger partial charge on any atom is -0.435 e. The second-order valence-corrected chi connectivity index (χ2v) is 7.36. The van der Waals surface area contributed by atoms with Crippen molar-refractivity contribution in [2.75, 3.05) is 0 Å². The number of hydrogen-bond donors (Lipinski definition) is 0. The second-order valence-electron chi connectivity index (χ2n) is 7.36. The highest BCUT2D eigenvalue weighted by molar-refractivity contribution is 5.69. The van der Waals surface area contributed by atoms with E-state index in [9.17, 15) is 17.6 Å². The van der Waals surface area contributed by atoms with E-state index in [1.165, 1.54) is 24.3 Å². The van der Waals surface area contributed by atoms with E-state index < -0.39 is 13.2 Å². The van der Waals surface area contributed by atoms with Crippen molar-refractivity contribution in [3.63, 3.8) is 0 Å². The molecule has 33 heavy (non-hydrogen) atoms. The van der Waals surface area contributed by atoms with Crippen molar-refractivity contribution < 1.29 is 27.0 Å². The molecule has 170 valence electrons. The molecule has 8 heteroatoms. The van der Waals surface area contributed by atoms with Crippen LogP contribution in [0.3, 0.4) is 0 Å². The molecule has 3 aromatic carbocycles. The van der Waals surface area contributed by atoms with Crippen molar-refractivity contribution >= 4 is 0 Å². The van der Waals surface area contributed by atoms with Gasteiger partial charge in [0.2, 0.25) is 0 Å². The van der Waals surface area contributed by atoms with Gasteiger partial charge >= 0.3 is 13.2 Å². The van der Waals surface area contributed by atoms with Crippen LogP contribution in [0.5, 0.6) is 11.5 Å². The van der Waals surface area contributed by atoms with Crippen molar-refractivity contribution in [3.8, 4) is 34.0 Å². The fraction of sp³-hybridized carbons (Fsp3) is 0.160.